The van der Waals surface area contributed by atoms with Crippen LogP contribution in [0.2, 0.25) is 0 Å². The quantitative estimate of drug-likeness (QED) is 0.152. The minimum absolute atomic E-state index is 0. The molecule has 172 valence electrons. The van der Waals surface area contributed by atoms with Crippen molar-refractivity contribution < 1.29 is 16.5 Å². The zero-order valence-electron chi connectivity index (χ0n) is 19.7. The van der Waals surface area contributed by atoms with Gasteiger partial charge >= 0.3 is 0 Å². The molecule has 0 bridgehead atoms. The molecule has 0 aliphatic rings. The Morgan fingerprint density at radius 3 is 1.61 bits per heavy atom. The molecule has 0 N–H and O–H groups in total. The molecule has 0 fully saturated rings. The summed E-state index contributed by atoms with van der Waals surface area (Å²) in [5.41, 5.74) is 5.90. The Morgan fingerprint density at radius 1 is 0.645 bits per heavy atom. The molecule has 0 atom stereocenters. The Labute approximate surface area is 200 Å². The Kier molecular flexibility index (Phi) is 14.9. The summed E-state index contributed by atoms with van der Waals surface area (Å²) >= 11 is 0. The second-order valence-corrected chi connectivity index (χ2v) is 8.21. The van der Waals surface area contributed by atoms with Gasteiger partial charge in [-0.15, -0.1) is 0 Å². The normalized spacial score (nSPS) is 11.6. The van der Waals surface area contributed by atoms with E-state index in [2.05, 4.69) is 69.3 Å². The number of hydrogen-bond donors (Lipinski definition) is 0. The van der Waals surface area contributed by atoms with E-state index in [4.69, 9.17) is 9.98 Å². The SMILES string of the molecule is CCCCCc1ccc(N=CC(CCCC)=Nc2ccc(CCCCC)cc2)cc1.[Ni]. The zero-order chi connectivity index (χ0) is 21.4. The van der Waals surface area contributed by atoms with Crippen LogP contribution < -0.4 is 0 Å². The maximum absolute atomic E-state index is 4.88. The maximum atomic E-state index is 4.88. The van der Waals surface area contributed by atoms with E-state index in [9.17, 15) is 0 Å². The summed E-state index contributed by atoms with van der Waals surface area (Å²) in [5.74, 6) is 0. The third-order valence-electron chi connectivity index (χ3n) is 5.43. The molecule has 0 spiro atoms. The molecule has 0 aromatic heterocycles. The van der Waals surface area contributed by atoms with E-state index >= 15 is 0 Å². The summed E-state index contributed by atoms with van der Waals surface area (Å²) < 4.78 is 0. The van der Waals surface area contributed by atoms with Crippen molar-refractivity contribution in [3.63, 3.8) is 0 Å². The first-order valence-electron chi connectivity index (χ1n) is 12.0. The van der Waals surface area contributed by atoms with Gasteiger partial charge in [-0.1, -0.05) is 77.1 Å². The smallest absolute Gasteiger partial charge is 0.0633 e. The third kappa shape index (κ3) is 11.5. The van der Waals surface area contributed by atoms with Crippen molar-refractivity contribution in [2.24, 2.45) is 9.98 Å². The van der Waals surface area contributed by atoms with Crippen LogP contribution in [0, 0.1) is 0 Å². The summed E-state index contributed by atoms with van der Waals surface area (Å²) in [6, 6.07) is 17.4. The molecule has 2 rings (SSSR count). The average molecular weight is 463 g/mol. The van der Waals surface area contributed by atoms with Gasteiger partial charge < -0.3 is 0 Å². The first-order chi connectivity index (χ1) is 14.7. The molecule has 31 heavy (non-hydrogen) atoms. The molecule has 0 saturated carbocycles. The van der Waals surface area contributed by atoms with E-state index < -0.39 is 0 Å². The van der Waals surface area contributed by atoms with E-state index in [0.29, 0.717) is 0 Å². The van der Waals surface area contributed by atoms with Crippen molar-refractivity contribution >= 4 is 23.3 Å². The van der Waals surface area contributed by atoms with E-state index in [1.165, 1.54) is 49.7 Å². The van der Waals surface area contributed by atoms with Gasteiger partial charge in [0.25, 0.3) is 0 Å². The van der Waals surface area contributed by atoms with Crippen LogP contribution in [0.4, 0.5) is 11.4 Å². The zero-order valence-corrected chi connectivity index (χ0v) is 20.7. The first kappa shape index (κ1) is 27.3. The molecule has 0 radical (unpaired) electrons. The monoisotopic (exact) mass is 462 g/mol. The standard InChI is InChI=1S/C28H40N2.Ni/c1-4-7-10-12-24-15-19-26(20-16-24)29-23-28(14-9-6-3)30-27-21-17-25(18-22-27)13-11-8-5-2;/h15-23H,4-14H2,1-3H3;. The molecule has 0 amide bonds. The van der Waals surface area contributed by atoms with Crippen LogP contribution in [0.3, 0.4) is 0 Å². The molecular weight excluding hydrogens is 423 g/mol. The van der Waals surface area contributed by atoms with Crippen molar-refractivity contribution in [3.05, 3.63) is 59.7 Å². The van der Waals surface area contributed by atoms with E-state index in [-0.39, 0.29) is 16.5 Å². The van der Waals surface area contributed by atoms with Crippen molar-refractivity contribution in [2.75, 3.05) is 0 Å². The number of hydrogen-bond acceptors (Lipinski definition) is 2. The van der Waals surface area contributed by atoms with Gasteiger partial charge in [0.15, 0.2) is 0 Å². The third-order valence-corrected chi connectivity index (χ3v) is 5.43. The van der Waals surface area contributed by atoms with Crippen molar-refractivity contribution in [3.8, 4) is 0 Å². The predicted octanol–water partition coefficient (Wildman–Crippen LogP) is 8.81. The summed E-state index contributed by atoms with van der Waals surface area (Å²) in [4.78, 5) is 9.59. The molecule has 3 heteroatoms. The molecule has 2 nitrogen and oxygen atoms in total. The van der Waals surface area contributed by atoms with E-state index in [1.807, 2.05) is 6.21 Å². The van der Waals surface area contributed by atoms with Gasteiger partial charge in [0.1, 0.15) is 0 Å². The number of aryl methyl sites for hydroxylation is 2. The van der Waals surface area contributed by atoms with Gasteiger partial charge in [0, 0.05) is 22.7 Å². The summed E-state index contributed by atoms with van der Waals surface area (Å²) in [6.07, 6.45) is 15.2. The van der Waals surface area contributed by atoms with E-state index in [1.54, 1.807) is 0 Å². The van der Waals surface area contributed by atoms with E-state index in [0.717, 1.165) is 49.2 Å². The molecule has 0 aliphatic carbocycles. The van der Waals surface area contributed by atoms with Gasteiger partial charge in [0.2, 0.25) is 0 Å². The summed E-state index contributed by atoms with van der Waals surface area (Å²) in [5, 5.41) is 0. The maximum Gasteiger partial charge on any atom is 0.0633 e. The van der Waals surface area contributed by atoms with Gasteiger partial charge in [0.05, 0.1) is 17.1 Å². The number of unbranched alkanes of at least 4 members (excludes halogenated alkanes) is 5. The van der Waals surface area contributed by atoms with Gasteiger partial charge in [-0.2, -0.15) is 0 Å². The number of rotatable bonds is 14. The van der Waals surface area contributed by atoms with Gasteiger partial charge in [-0.05, 0) is 73.9 Å². The second kappa shape index (κ2) is 16.9. The van der Waals surface area contributed by atoms with Crippen molar-refractivity contribution in [1.82, 2.24) is 0 Å². The van der Waals surface area contributed by atoms with Crippen LogP contribution in [0.25, 0.3) is 0 Å². The number of nitrogens with zero attached hydrogens (tertiary/aromatic N) is 2. The molecule has 0 unspecified atom stereocenters. The molecular formula is C28H40N2Ni. The fraction of sp³-hybridized carbons (Fsp3) is 0.500. The van der Waals surface area contributed by atoms with Gasteiger partial charge in [-0.3, -0.25) is 9.98 Å². The molecule has 0 saturated heterocycles. The number of aliphatic imine (C=N–C) groups is 2. The van der Waals surface area contributed by atoms with Crippen LogP contribution in [-0.4, -0.2) is 11.9 Å². The Balaban J connectivity index is 0.00000480. The van der Waals surface area contributed by atoms with Crippen LogP contribution in [-0.2, 0) is 29.3 Å². The fourth-order valence-corrected chi connectivity index (χ4v) is 3.47. The molecule has 0 aliphatic heterocycles. The second-order valence-electron chi connectivity index (χ2n) is 8.21. The Bertz CT molecular complexity index is 761. The summed E-state index contributed by atoms with van der Waals surface area (Å²) in [6.45, 7) is 6.72. The van der Waals surface area contributed by atoms with Crippen LogP contribution in [0.1, 0.15) is 89.7 Å². The average Bonchev–Trinajstić information content (AvgIpc) is 2.78. The van der Waals surface area contributed by atoms with Crippen LogP contribution >= 0.6 is 0 Å². The first-order valence-corrected chi connectivity index (χ1v) is 12.0. The van der Waals surface area contributed by atoms with Crippen LogP contribution in [0.15, 0.2) is 58.5 Å². The minimum Gasteiger partial charge on any atom is -0.255 e. The summed E-state index contributed by atoms with van der Waals surface area (Å²) in [7, 11) is 0. The van der Waals surface area contributed by atoms with Crippen molar-refractivity contribution in [2.45, 2.75) is 91.4 Å². The predicted molar refractivity (Wildman–Crippen MR) is 134 cm³/mol. The van der Waals surface area contributed by atoms with Gasteiger partial charge in [-0.25, -0.2) is 0 Å². The molecule has 2 aromatic rings. The number of benzene rings is 2. The topological polar surface area (TPSA) is 24.7 Å². The Morgan fingerprint density at radius 2 is 1.13 bits per heavy atom. The van der Waals surface area contributed by atoms with Crippen molar-refractivity contribution in [1.29, 1.82) is 0 Å². The Hall–Kier alpha value is -1.73. The molecule has 0 heterocycles. The minimum atomic E-state index is 0. The largest absolute Gasteiger partial charge is 0.255 e. The molecule has 2 aromatic carbocycles. The van der Waals surface area contributed by atoms with Crippen LogP contribution in [0.5, 0.6) is 0 Å². The fourth-order valence-electron chi connectivity index (χ4n) is 3.47.